The van der Waals surface area contributed by atoms with Crippen molar-refractivity contribution in [1.82, 2.24) is 0 Å². The Labute approximate surface area is 88.9 Å². The van der Waals surface area contributed by atoms with Gasteiger partial charge in [0, 0.05) is 0 Å². The lowest BCUT2D eigenvalue weighted by molar-refractivity contribution is -0.0647. The van der Waals surface area contributed by atoms with Gasteiger partial charge in [-0.15, -0.1) is 0 Å². The third-order valence-electron chi connectivity index (χ3n) is 4.45. The highest BCUT2D eigenvalue weighted by Gasteiger charge is 2.37. The maximum atomic E-state index is 10.5. The van der Waals surface area contributed by atoms with E-state index in [1.807, 2.05) is 6.92 Å². The Kier molecular flexibility index (Phi) is 4.00. The summed E-state index contributed by atoms with van der Waals surface area (Å²) in [4.78, 5) is 0. The van der Waals surface area contributed by atoms with E-state index >= 15 is 0 Å². The molecule has 0 aliphatic heterocycles. The second-order valence-corrected chi connectivity index (χ2v) is 5.49. The third kappa shape index (κ3) is 2.50. The molecule has 0 saturated heterocycles. The fourth-order valence-electron chi connectivity index (χ4n) is 2.66. The number of hydrogen-bond donors (Lipinski definition) is 1. The molecular weight excluding hydrogens is 172 g/mol. The zero-order valence-electron chi connectivity index (χ0n) is 10.2. The number of aliphatic hydroxyl groups is 1. The molecule has 84 valence electrons. The molecule has 1 heteroatoms. The Morgan fingerprint density at radius 3 is 2.21 bits per heavy atom. The van der Waals surface area contributed by atoms with Crippen molar-refractivity contribution in [2.75, 3.05) is 0 Å². The average Bonchev–Trinajstić information content (AvgIpc) is 2.17. The predicted molar refractivity (Wildman–Crippen MR) is 61.2 cm³/mol. The Morgan fingerprint density at radius 1 is 1.29 bits per heavy atom. The van der Waals surface area contributed by atoms with Crippen molar-refractivity contribution in [1.29, 1.82) is 0 Å². The number of hydrogen-bond acceptors (Lipinski definition) is 1. The fraction of sp³-hybridized carbons (Fsp3) is 1.00. The molecule has 0 spiro atoms. The highest BCUT2D eigenvalue weighted by molar-refractivity contribution is 4.88. The summed E-state index contributed by atoms with van der Waals surface area (Å²) in [5.74, 6) is 1.84. The van der Waals surface area contributed by atoms with Crippen LogP contribution in [0.2, 0.25) is 0 Å². The van der Waals surface area contributed by atoms with Gasteiger partial charge in [-0.25, -0.2) is 0 Å². The Bertz CT molecular complexity index is 166. The van der Waals surface area contributed by atoms with Gasteiger partial charge in [-0.05, 0) is 37.5 Å². The molecule has 1 aliphatic carbocycles. The summed E-state index contributed by atoms with van der Waals surface area (Å²) in [7, 11) is 0. The smallest absolute Gasteiger partial charge is 0.0673 e. The number of rotatable bonds is 3. The van der Waals surface area contributed by atoms with E-state index in [-0.39, 0.29) is 0 Å². The van der Waals surface area contributed by atoms with Crippen LogP contribution >= 0.6 is 0 Å². The Balaban J connectivity index is 2.54. The summed E-state index contributed by atoms with van der Waals surface area (Å²) in [6.45, 7) is 8.72. The fourth-order valence-corrected chi connectivity index (χ4v) is 2.66. The minimum absolute atomic E-state index is 0.431. The van der Waals surface area contributed by atoms with Crippen LogP contribution in [0.1, 0.15) is 59.8 Å². The monoisotopic (exact) mass is 198 g/mol. The molecule has 1 saturated carbocycles. The van der Waals surface area contributed by atoms with Crippen molar-refractivity contribution in [3.05, 3.63) is 0 Å². The van der Waals surface area contributed by atoms with Crippen LogP contribution < -0.4 is 0 Å². The lowest BCUT2D eigenvalue weighted by atomic mass is 9.69. The highest BCUT2D eigenvalue weighted by Crippen LogP contribution is 2.39. The summed E-state index contributed by atoms with van der Waals surface area (Å²) in [5.41, 5.74) is -0.436. The topological polar surface area (TPSA) is 20.2 Å². The summed E-state index contributed by atoms with van der Waals surface area (Å²) in [6.07, 6.45) is 6.13. The summed E-state index contributed by atoms with van der Waals surface area (Å²) in [6, 6.07) is 0. The van der Waals surface area contributed by atoms with Crippen molar-refractivity contribution in [2.24, 2.45) is 17.8 Å². The molecule has 1 rings (SSSR count). The van der Waals surface area contributed by atoms with Crippen LogP contribution in [0.5, 0.6) is 0 Å². The first-order valence-electron chi connectivity index (χ1n) is 6.20. The first-order valence-corrected chi connectivity index (χ1v) is 6.20. The van der Waals surface area contributed by atoms with E-state index in [2.05, 4.69) is 20.8 Å². The van der Waals surface area contributed by atoms with Crippen molar-refractivity contribution in [3.8, 4) is 0 Å². The normalized spacial score (nSPS) is 34.9. The lowest BCUT2D eigenvalue weighted by Gasteiger charge is -2.41. The quantitative estimate of drug-likeness (QED) is 0.734. The Hall–Kier alpha value is -0.0400. The van der Waals surface area contributed by atoms with Gasteiger partial charge in [-0.2, -0.15) is 0 Å². The second-order valence-electron chi connectivity index (χ2n) is 5.49. The van der Waals surface area contributed by atoms with Gasteiger partial charge in [0.1, 0.15) is 0 Å². The molecule has 0 aromatic rings. The van der Waals surface area contributed by atoms with Gasteiger partial charge in [0.15, 0.2) is 0 Å². The van der Waals surface area contributed by atoms with Crippen LogP contribution in [0.3, 0.4) is 0 Å². The minimum Gasteiger partial charge on any atom is -0.390 e. The van der Waals surface area contributed by atoms with E-state index in [4.69, 9.17) is 0 Å². The van der Waals surface area contributed by atoms with Gasteiger partial charge in [-0.3, -0.25) is 0 Å². The lowest BCUT2D eigenvalue weighted by Crippen LogP contribution is -2.42. The highest BCUT2D eigenvalue weighted by atomic mass is 16.3. The molecule has 0 aromatic carbocycles. The predicted octanol–water partition coefficient (Wildman–Crippen LogP) is 3.61. The van der Waals surface area contributed by atoms with Crippen LogP contribution in [-0.4, -0.2) is 10.7 Å². The van der Waals surface area contributed by atoms with E-state index in [1.165, 1.54) is 25.7 Å². The first kappa shape index (κ1) is 12.0. The van der Waals surface area contributed by atoms with Crippen LogP contribution in [-0.2, 0) is 0 Å². The summed E-state index contributed by atoms with van der Waals surface area (Å²) < 4.78 is 0. The maximum Gasteiger partial charge on any atom is 0.0673 e. The molecule has 14 heavy (non-hydrogen) atoms. The van der Waals surface area contributed by atoms with E-state index in [0.717, 1.165) is 12.3 Å². The summed E-state index contributed by atoms with van der Waals surface area (Å²) in [5, 5.41) is 10.5. The van der Waals surface area contributed by atoms with E-state index in [1.54, 1.807) is 0 Å². The molecular formula is C13H26O. The Morgan fingerprint density at radius 2 is 1.79 bits per heavy atom. The molecule has 1 nitrogen and oxygen atoms in total. The van der Waals surface area contributed by atoms with Crippen LogP contribution in [0.4, 0.5) is 0 Å². The van der Waals surface area contributed by atoms with E-state index in [9.17, 15) is 5.11 Å². The molecule has 0 aromatic heterocycles. The van der Waals surface area contributed by atoms with E-state index < -0.39 is 5.60 Å². The maximum absolute atomic E-state index is 10.5. The molecule has 2 unspecified atom stereocenters. The van der Waals surface area contributed by atoms with Gasteiger partial charge < -0.3 is 5.11 Å². The molecule has 0 amide bonds. The SMILES string of the molecule is CCC(C)C(C)(O)C1CCC(C)CC1. The minimum atomic E-state index is -0.436. The third-order valence-corrected chi connectivity index (χ3v) is 4.45. The van der Waals surface area contributed by atoms with Crippen molar-refractivity contribution < 1.29 is 5.11 Å². The summed E-state index contributed by atoms with van der Waals surface area (Å²) >= 11 is 0. The second kappa shape index (κ2) is 4.65. The van der Waals surface area contributed by atoms with Crippen molar-refractivity contribution in [2.45, 2.75) is 65.4 Å². The van der Waals surface area contributed by atoms with Crippen LogP contribution in [0, 0.1) is 17.8 Å². The van der Waals surface area contributed by atoms with Gasteiger partial charge in [0.2, 0.25) is 0 Å². The van der Waals surface area contributed by atoms with Gasteiger partial charge in [0.25, 0.3) is 0 Å². The van der Waals surface area contributed by atoms with E-state index in [0.29, 0.717) is 11.8 Å². The van der Waals surface area contributed by atoms with Crippen LogP contribution in [0.15, 0.2) is 0 Å². The largest absolute Gasteiger partial charge is 0.390 e. The standard InChI is InChI=1S/C13H26O/c1-5-11(3)13(4,14)12-8-6-10(2)7-9-12/h10-12,14H,5-9H2,1-4H3. The molecule has 0 bridgehead atoms. The van der Waals surface area contributed by atoms with Gasteiger partial charge in [-0.1, -0.05) is 40.0 Å². The van der Waals surface area contributed by atoms with Crippen LogP contribution in [0.25, 0.3) is 0 Å². The first-order chi connectivity index (χ1) is 6.48. The molecule has 1 N–H and O–H groups in total. The van der Waals surface area contributed by atoms with Crippen molar-refractivity contribution in [3.63, 3.8) is 0 Å². The average molecular weight is 198 g/mol. The van der Waals surface area contributed by atoms with Gasteiger partial charge >= 0.3 is 0 Å². The molecule has 1 fully saturated rings. The van der Waals surface area contributed by atoms with Gasteiger partial charge in [0.05, 0.1) is 5.60 Å². The molecule has 1 aliphatic rings. The molecule has 0 heterocycles. The zero-order chi connectivity index (χ0) is 10.8. The molecule has 0 radical (unpaired) electrons. The van der Waals surface area contributed by atoms with Crippen molar-refractivity contribution >= 4 is 0 Å². The zero-order valence-corrected chi connectivity index (χ0v) is 10.2. The molecule has 2 atom stereocenters.